The first kappa shape index (κ1) is 17.2. The fraction of sp³-hybridized carbons (Fsp3) is 0.0476. The van der Waals surface area contributed by atoms with Gasteiger partial charge in [-0.2, -0.15) is 0 Å². The zero-order chi connectivity index (χ0) is 18.5. The van der Waals surface area contributed by atoms with Crippen LogP contribution >= 0.6 is 0 Å². The number of methoxy groups -OCH3 is 1. The van der Waals surface area contributed by atoms with E-state index in [0.29, 0.717) is 5.69 Å². The van der Waals surface area contributed by atoms with Crippen LogP contribution in [0.3, 0.4) is 0 Å². The highest BCUT2D eigenvalue weighted by molar-refractivity contribution is 6.03. The Labute approximate surface area is 150 Å². The number of carbonyl (C=O) groups is 2. The van der Waals surface area contributed by atoms with Crippen LogP contribution in [0.15, 0.2) is 66.7 Å². The van der Waals surface area contributed by atoms with Crippen LogP contribution in [-0.4, -0.2) is 24.1 Å². The van der Waals surface area contributed by atoms with Crippen molar-refractivity contribution in [1.29, 1.82) is 0 Å². The van der Waals surface area contributed by atoms with Crippen molar-refractivity contribution in [3.05, 3.63) is 77.9 Å². The molecular formula is C21H17NO4. The molecule has 0 unspecified atom stereocenters. The molecule has 2 N–H and O–H groups in total. The number of phenolic OH excluding ortho intramolecular Hbond substituents is 1. The number of carbonyl (C=O) groups excluding carboxylic acids is 2. The Morgan fingerprint density at radius 3 is 2.50 bits per heavy atom. The van der Waals surface area contributed by atoms with Crippen molar-refractivity contribution in [3.63, 3.8) is 0 Å². The van der Waals surface area contributed by atoms with Crippen molar-refractivity contribution in [2.75, 3.05) is 12.4 Å². The second-order valence-corrected chi connectivity index (χ2v) is 5.65. The average Bonchev–Trinajstić information content (AvgIpc) is 2.65. The first-order valence-electron chi connectivity index (χ1n) is 7.96. The number of hydrogen-bond donors (Lipinski definition) is 2. The van der Waals surface area contributed by atoms with Gasteiger partial charge in [0.2, 0.25) is 5.91 Å². The smallest absolute Gasteiger partial charge is 0.341 e. The number of nitrogens with one attached hydrogen (secondary N) is 1. The summed E-state index contributed by atoms with van der Waals surface area (Å²) in [5.41, 5.74) is 1.32. The minimum absolute atomic E-state index is 0.0391. The molecule has 3 aromatic rings. The van der Waals surface area contributed by atoms with Crippen molar-refractivity contribution in [1.82, 2.24) is 0 Å². The van der Waals surface area contributed by atoms with E-state index in [1.54, 1.807) is 6.08 Å². The van der Waals surface area contributed by atoms with Gasteiger partial charge in [-0.1, -0.05) is 36.4 Å². The maximum absolute atomic E-state index is 12.1. The molecular weight excluding hydrogens is 330 g/mol. The fourth-order valence-electron chi connectivity index (χ4n) is 2.56. The molecule has 0 aromatic heterocycles. The van der Waals surface area contributed by atoms with Gasteiger partial charge in [-0.05, 0) is 40.6 Å². The molecule has 0 radical (unpaired) electrons. The van der Waals surface area contributed by atoms with E-state index in [1.807, 2.05) is 42.5 Å². The normalized spacial score (nSPS) is 10.8. The van der Waals surface area contributed by atoms with E-state index in [2.05, 4.69) is 10.1 Å². The molecule has 0 aliphatic rings. The van der Waals surface area contributed by atoms with E-state index in [0.717, 1.165) is 16.3 Å². The lowest BCUT2D eigenvalue weighted by Gasteiger charge is -2.06. The predicted molar refractivity (Wildman–Crippen MR) is 101 cm³/mol. The lowest BCUT2D eigenvalue weighted by atomic mass is 10.1. The SMILES string of the molecule is COC(=O)c1ccc(NC(=O)C=Cc2ccc3ccccc3c2)cc1O. The number of rotatable bonds is 4. The molecule has 130 valence electrons. The third kappa shape index (κ3) is 3.89. The Balaban J connectivity index is 1.70. The summed E-state index contributed by atoms with van der Waals surface area (Å²) in [5, 5.41) is 14.7. The van der Waals surface area contributed by atoms with Crippen molar-refractivity contribution in [3.8, 4) is 5.75 Å². The predicted octanol–water partition coefficient (Wildman–Crippen LogP) is 3.98. The molecule has 5 heteroatoms. The molecule has 0 fully saturated rings. The monoisotopic (exact) mass is 347 g/mol. The van der Waals surface area contributed by atoms with Crippen LogP contribution in [0.5, 0.6) is 5.75 Å². The van der Waals surface area contributed by atoms with Gasteiger partial charge in [0.05, 0.1) is 7.11 Å². The number of anilines is 1. The van der Waals surface area contributed by atoms with Crippen LogP contribution in [0.2, 0.25) is 0 Å². The molecule has 26 heavy (non-hydrogen) atoms. The number of benzene rings is 3. The van der Waals surface area contributed by atoms with Crippen LogP contribution < -0.4 is 5.32 Å². The molecule has 3 rings (SSSR count). The molecule has 0 heterocycles. The third-order valence-corrected chi connectivity index (χ3v) is 3.87. The van der Waals surface area contributed by atoms with E-state index in [-0.39, 0.29) is 17.2 Å². The molecule has 0 saturated heterocycles. The van der Waals surface area contributed by atoms with Gasteiger partial charge in [0, 0.05) is 17.8 Å². The highest BCUT2D eigenvalue weighted by Crippen LogP contribution is 2.23. The zero-order valence-electron chi connectivity index (χ0n) is 14.1. The van der Waals surface area contributed by atoms with Gasteiger partial charge in [0.25, 0.3) is 0 Å². The second kappa shape index (κ2) is 7.53. The minimum Gasteiger partial charge on any atom is -0.507 e. The number of esters is 1. The van der Waals surface area contributed by atoms with Gasteiger partial charge in [0.15, 0.2) is 0 Å². The van der Waals surface area contributed by atoms with Crippen LogP contribution in [0.1, 0.15) is 15.9 Å². The molecule has 0 spiro atoms. The lowest BCUT2D eigenvalue weighted by molar-refractivity contribution is -0.111. The molecule has 0 saturated carbocycles. The van der Waals surface area contributed by atoms with E-state index < -0.39 is 5.97 Å². The van der Waals surface area contributed by atoms with Crippen molar-refractivity contribution >= 4 is 34.4 Å². The highest BCUT2D eigenvalue weighted by atomic mass is 16.5. The highest BCUT2D eigenvalue weighted by Gasteiger charge is 2.12. The molecule has 0 aliphatic carbocycles. The summed E-state index contributed by atoms with van der Waals surface area (Å²) in [5.74, 6) is -1.24. The maximum atomic E-state index is 12.1. The van der Waals surface area contributed by atoms with Crippen molar-refractivity contribution in [2.24, 2.45) is 0 Å². The van der Waals surface area contributed by atoms with Crippen molar-refractivity contribution < 1.29 is 19.4 Å². The first-order chi connectivity index (χ1) is 12.6. The van der Waals surface area contributed by atoms with Gasteiger partial charge in [-0.15, -0.1) is 0 Å². The van der Waals surface area contributed by atoms with Gasteiger partial charge >= 0.3 is 5.97 Å². The summed E-state index contributed by atoms with van der Waals surface area (Å²) in [6, 6.07) is 18.1. The summed E-state index contributed by atoms with van der Waals surface area (Å²) in [6.07, 6.45) is 3.12. The van der Waals surface area contributed by atoms with Crippen LogP contribution in [0.25, 0.3) is 16.8 Å². The van der Waals surface area contributed by atoms with Gasteiger partial charge in [0.1, 0.15) is 11.3 Å². The Bertz CT molecular complexity index is 1010. The lowest BCUT2D eigenvalue weighted by Crippen LogP contribution is -2.08. The molecule has 5 nitrogen and oxygen atoms in total. The van der Waals surface area contributed by atoms with Crippen LogP contribution in [0.4, 0.5) is 5.69 Å². The Morgan fingerprint density at radius 1 is 1.00 bits per heavy atom. The quantitative estimate of drug-likeness (QED) is 0.553. The van der Waals surface area contributed by atoms with E-state index in [9.17, 15) is 14.7 Å². The molecule has 0 bridgehead atoms. The Kier molecular flexibility index (Phi) is 4.99. The number of fused-ring (bicyclic) bond motifs is 1. The third-order valence-electron chi connectivity index (χ3n) is 3.87. The van der Waals surface area contributed by atoms with Gasteiger partial charge < -0.3 is 15.2 Å². The maximum Gasteiger partial charge on any atom is 0.341 e. The standard InChI is InChI=1S/C21H17NO4/c1-26-21(25)18-10-9-17(13-19(18)23)22-20(24)11-7-14-6-8-15-4-2-3-5-16(15)12-14/h2-13,23H,1H3,(H,22,24). The summed E-state index contributed by atoms with van der Waals surface area (Å²) < 4.78 is 4.56. The number of aromatic hydroxyl groups is 1. The Hall–Kier alpha value is -3.60. The Morgan fingerprint density at radius 2 is 1.77 bits per heavy atom. The number of phenols is 1. The zero-order valence-corrected chi connectivity index (χ0v) is 14.1. The van der Waals surface area contributed by atoms with E-state index in [4.69, 9.17) is 0 Å². The fourth-order valence-corrected chi connectivity index (χ4v) is 2.56. The largest absolute Gasteiger partial charge is 0.507 e. The molecule has 3 aromatic carbocycles. The van der Waals surface area contributed by atoms with Crippen molar-refractivity contribution in [2.45, 2.75) is 0 Å². The van der Waals surface area contributed by atoms with Crippen LogP contribution in [0, 0.1) is 0 Å². The van der Waals surface area contributed by atoms with E-state index >= 15 is 0 Å². The van der Waals surface area contributed by atoms with E-state index in [1.165, 1.54) is 31.4 Å². The van der Waals surface area contributed by atoms with Gasteiger partial charge in [-0.25, -0.2) is 4.79 Å². The van der Waals surface area contributed by atoms with Gasteiger partial charge in [-0.3, -0.25) is 4.79 Å². The average molecular weight is 347 g/mol. The summed E-state index contributed by atoms with van der Waals surface area (Å²) in [6.45, 7) is 0. The molecule has 1 amide bonds. The second-order valence-electron chi connectivity index (χ2n) is 5.65. The number of ether oxygens (including phenoxy) is 1. The molecule has 0 atom stereocenters. The number of hydrogen-bond acceptors (Lipinski definition) is 4. The summed E-state index contributed by atoms with van der Waals surface area (Å²) in [4.78, 5) is 23.5. The number of amides is 1. The minimum atomic E-state index is -0.642. The summed E-state index contributed by atoms with van der Waals surface area (Å²) >= 11 is 0. The topological polar surface area (TPSA) is 75.6 Å². The van der Waals surface area contributed by atoms with Crippen LogP contribution in [-0.2, 0) is 9.53 Å². The summed E-state index contributed by atoms with van der Waals surface area (Å²) in [7, 11) is 1.23. The molecule has 0 aliphatic heterocycles. The first-order valence-corrected chi connectivity index (χ1v) is 7.96.